The summed E-state index contributed by atoms with van der Waals surface area (Å²) in [5.41, 5.74) is 3.33. The van der Waals surface area contributed by atoms with Crippen LogP contribution in [-0.4, -0.2) is 78.4 Å². The number of likely N-dealkylation sites (N-methyl/N-ethyl adjacent to an activating group) is 2. The maximum Gasteiger partial charge on any atom is 0.419 e. The number of rotatable bonds is 10. The van der Waals surface area contributed by atoms with E-state index < -0.39 is 11.7 Å². The van der Waals surface area contributed by atoms with Crippen LogP contribution in [0.4, 0.5) is 27.8 Å². The lowest BCUT2D eigenvalue weighted by Gasteiger charge is -2.26. The van der Waals surface area contributed by atoms with Crippen molar-refractivity contribution in [3.63, 3.8) is 0 Å². The molecule has 0 atom stereocenters. The number of amides is 1. The number of nitrogens with zero attached hydrogens (tertiary/aromatic N) is 5. The number of nitrogens with one attached hydrogen (secondary N) is 2. The SMILES string of the molecule is C=CC(=O)Nc1cc(Nc2nccc(-c3cn(C(=O)OC(C)(C)C)c4ccccc34)n2)c(OC)cc1N(C)CCN(C)C. The Bertz CT molecular complexity index is 1640. The minimum atomic E-state index is -0.644. The number of aromatic nitrogens is 3. The molecule has 2 heterocycles. The maximum absolute atomic E-state index is 13.0. The molecule has 2 aromatic carbocycles. The molecule has 0 saturated carbocycles. The largest absolute Gasteiger partial charge is 0.494 e. The molecule has 0 aliphatic rings. The minimum Gasteiger partial charge on any atom is -0.494 e. The Morgan fingerprint density at radius 2 is 1.81 bits per heavy atom. The van der Waals surface area contributed by atoms with E-state index in [1.807, 2.05) is 77.1 Å². The van der Waals surface area contributed by atoms with E-state index in [4.69, 9.17) is 14.5 Å². The third kappa shape index (κ3) is 7.49. The van der Waals surface area contributed by atoms with Crippen molar-refractivity contribution in [2.24, 2.45) is 0 Å². The van der Waals surface area contributed by atoms with Gasteiger partial charge in [-0.25, -0.2) is 14.8 Å². The third-order valence-electron chi connectivity index (χ3n) is 6.54. The van der Waals surface area contributed by atoms with Gasteiger partial charge in [-0.05, 0) is 59.1 Å². The lowest BCUT2D eigenvalue weighted by atomic mass is 10.1. The van der Waals surface area contributed by atoms with Gasteiger partial charge in [0, 0.05) is 49.5 Å². The Morgan fingerprint density at radius 1 is 1.07 bits per heavy atom. The molecule has 0 unspecified atom stereocenters. The van der Waals surface area contributed by atoms with Crippen LogP contribution in [0, 0.1) is 0 Å². The zero-order valence-electron chi connectivity index (χ0n) is 25.8. The molecule has 0 aliphatic heterocycles. The fourth-order valence-electron chi connectivity index (χ4n) is 4.44. The Balaban J connectivity index is 1.72. The summed E-state index contributed by atoms with van der Waals surface area (Å²) in [4.78, 5) is 38.6. The number of hydrogen-bond donors (Lipinski definition) is 2. The van der Waals surface area contributed by atoms with E-state index in [1.165, 1.54) is 10.6 Å². The summed E-state index contributed by atoms with van der Waals surface area (Å²) in [7, 11) is 7.54. The molecular formula is C32H39N7O4. The lowest BCUT2D eigenvalue weighted by molar-refractivity contribution is -0.111. The first kappa shape index (κ1) is 31.0. The fourth-order valence-corrected chi connectivity index (χ4v) is 4.44. The number of carbonyl (C=O) groups is 2. The van der Waals surface area contributed by atoms with Gasteiger partial charge in [-0.3, -0.25) is 9.36 Å². The predicted octanol–water partition coefficient (Wildman–Crippen LogP) is 5.76. The van der Waals surface area contributed by atoms with E-state index >= 15 is 0 Å². The van der Waals surface area contributed by atoms with Gasteiger partial charge in [-0.2, -0.15) is 0 Å². The Hall–Kier alpha value is -4.90. The predicted molar refractivity (Wildman–Crippen MR) is 172 cm³/mol. The first-order valence-electron chi connectivity index (χ1n) is 13.9. The van der Waals surface area contributed by atoms with Crippen molar-refractivity contribution in [3.8, 4) is 17.0 Å². The first-order valence-corrected chi connectivity index (χ1v) is 13.9. The fraction of sp³-hybridized carbons (Fsp3) is 0.312. The molecule has 2 N–H and O–H groups in total. The Kier molecular flexibility index (Phi) is 9.35. The van der Waals surface area contributed by atoms with Crippen molar-refractivity contribution in [2.45, 2.75) is 26.4 Å². The molecule has 11 nitrogen and oxygen atoms in total. The zero-order valence-corrected chi connectivity index (χ0v) is 25.8. The highest BCUT2D eigenvalue weighted by Gasteiger charge is 2.22. The van der Waals surface area contributed by atoms with E-state index in [0.717, 1.165) is 29.7 Å². The molecular weight excluding hydrogens is 546 g/mol. The van der Waals surface area contributed by atoms with E-state index in [1.54, 1.807) is 31.6 Å². The van der Waals surface area contributed by atoms with Crippen LogP contribution >= 0.6 is 0 Å². The summed E-state index contributed by atoms with van der Waals surface area (Å²) in [5, 5.41) is 6.98. The molecule has 0 aliphatic carbocycles. The summed E-state index contributed by atoms with van der Waals surface area (Å²) in [6.45, 7) is 10.6. The van der Waals surface area contributed by atoms with Gasteiger partial charge in [0.05, 0.1) is 35.4 Å². The number of benzene rings is 2. The van der Waals surface area contributed by atoms with Crippen LogP contribution in [0.3, 0.4) is 0 Å². The average Bonchev–Trinajstić information content (AvgIpc) is 3.35. The van der Waals surface area contributed by atoms with Crippen molar-refractivity contribution in [3.05, 3.63) is 67.5 Å². The molecule has 0 fully saturated rings. The van der Waals surface area contributed by atoms with Crippen molar-refractivity contribution in [1.82, 2.24) is 19.4 Å². The summed E-state index contributed by atoms with van der Waals surface area (Å²) < 4.78 is 12.8. The van der Waals surface area contributed by atoms with Crippen LogP contribution in [0.2, 0.25) is 0 Å². The second kappa shape index (κ2) is 13.0. The van der Waals surface area contributed by atoms with Crippen LogP contribution < -0.4 is 20.3 Å². The van der Waals surface area contributed by atoms with Gasteiger partial charge < -0.3 is 29.9 Å². The van der Waals surface area contributed by atoms with Crippen molar-refractivity contribution in [1.29, 1.82) is 0 Å². The van der Waals surface area contributed by atoms with E-state index in [-0.39, 0.29) is 5.91 Å². The van der Waals surface area contributed by atoms with Gasteiger partial charge in [-0.1, -0.05) is 24.8 Å². The summed E-state index contributed by atoms with van der Waals surface area (Å²) in [6, 6.07) is 13.0. The molecule has 0 spiro atoms. The number of hydrogen-bond acceptors (Lipinski definition) is 9. The highest BCUT2D eigenvalue weighted by atomic mass is 16.6. The lowest BCUT2D eigenvalue weighted by Crippen LogP contribution is -2.29. The van der Waals surface area contributed by atoms with E-state index in [9.17, 15) is 9.59 Å². The molecule has 0 bridgehead atoms. The number of fused-ring (bicyclic) bond motifs is 1. The van der Waals surface area contributed by atoms with Crippen molar-refractivity contribution < 1.29 is 19.1 Å². The minimum absolute atomic E-state index is 0.305. The molecule has 11 heteroatoms. The quantitative estimate of drug-likeness (QED) is 0.224. The topological polar surface area (TPSA) is 114 Å². The molecule has 4 rings (SSSR count). The second-order valence-corrected chi connectivity index (χ2v) is 11.3. The molecule has 4 aromatic rings. The van der Waals surface area contributed by atoms with Crippen molar-refractivity contribution in [2.75, 3.05) is 56.9 Å². The molecule has 0 radical (unpaired) electrons. The first-order chi connectivity index (χ1) is 20.4. The number of methoxy groups -OCH3 is 1. The van der Waals surface area contributed by atoms with Gasteiger partial charge >= 0.3 is 6.09 Å². The normalized spacial score (nSPS) is 11.3. The molecule has 2 aromatic heterocycles. The molecule has 0 saturated heterocycles. The van der Waals surface area contributed by atoms with Crippen LogP contribution in [-0.2, 0) is 9.53 Å². The van der Waals surface area contributed by atoms with Gasteiger partial charge in [0.25, 0.3) is 0 Å². The van der Waals surface area contributed by atoms with Crippen LogP contribution in [0.5, 0.6) is 5.75 Å². The van der Waals surface area contributed by atoms with Gasteiger partial charge in [0.15, 0.2) is 0 Å². The molecule has 1 amide bonds. The van der Waals surface area contributed by atoms with Gasteiger partial charge in [-0.15, -0.1) is 0 Å². The number of carbonyl (C=O) groups excluding carboxylic acids is 2. The van der Waals surface area contributed by atoms with E-state index in [0.29, 0.717) is 34.3 Å². The number of anilines is 4. The number of para-hydroxylation sites is 1. The smallest absolute Gasteiger partial charge is 0.419 e. The third-order valence-corrected chi connectivity index (χ3v) is 6.54. The van der Waals surface area contributed by atoms with Crippen LogP contribution in [0.1, 0.15) is 20.8 Å². The average molecular weight is 586 g/mol. The van der Waals surface area contributed by atoms with Crippen LogP contribution in [0.25, 0.3) is 22.2 Å². The standard InChI is InChI=1S/C32H39N7O4/c1-9-29(40)34-24-18-25(28(42-8)19-27(24)38(7)17-16-37(5)6)36-30-33-15-14-23(35-30)22-20-39(31(41)43-32(2,3)4)26-13-11-10-12-21(22)26/h9-15,18-20H,1,16-17H2,2-8H3,(H,34,40)(H,33,35,36). The summed E-state index contributed by atoms with van der Waals surface area (Å²) in [6.07, 6.45) is 4.12. The van der Waals surface area contributed by atoms with Crippen LogP contribution in [0.15, 0.2) is 67.5 Å². The second-order valence-electron chi connectivity index (χ2n) is 11.3. The highest BCUT2D eigenvalue weighted by Crippen LogP contribution is 2.38. The summed E-state index contributed by atoms with van der Waals surface area (Å²) >= 11 is 0. The molecule has 43 heavy (non-hydrogen) atoms. The highest BCUT2D eigenvalue weighted by molar-refractivity contribution is 6.02. The zero-order chi connectivity index (χ0) is 31.3. The molecule has 226 valence electrons. The van der Waals surface area contributed by atoms with Crippen molar-refractivity contribution >= 4 is 45.9 Å². The van der Waals surface area contributed by atoms with Gasteiger partial charge in [0.1, 0.15) is 11.4 Å². The number of ether oxygens (including phenoxy) is 2. The maximum atomic E-state index is 13.0. The Labute approximate surface area is 252 Å². The van der Waals surface area contributed by atoms with E-state index in [2.05, 4.69) is 27.1 Å². The Morgan fingerprint density at radius 3 is 2.49 bits per heavy atom. The summed E-state index contributed by atoms with van der Waals surface area (Å²) in [5.74, 6) is 0.511. The monoisotopic (exact) mass is 585 g/mol. The van der Waals surface area contributed by atoms with Gasteiger partial charge in [0.2, 0.25) is 11.9 Å².